The second kappa shape index (κ2) is 5.29. The van der Waals surface area contributed by atoms with Crippen LogP contribution >= 0.6 is 11.6 Å². The minimum atomic E-state index is -0.275. The van der Waals surface area contributed by atoms with Crippen LogP contribution in [-0.2, 0) is 0 Å². The molecule has 3 heteroatoms. The van der Waals surface area contributed by atoms with Gasteiger partial charge in [-0.05, 0) is 32.5 Å². The molecule has 1 aromatic rings. The molecule has 1 aromatic carbocycles. The number of nitrogens with one attached hydrogen (secondary N) is 1. The van der Waals surface area contributed by atoms with Gasteiger partial charge in [0, 0.05) is 16.6 Å². The van der Waals surface area contributed by atoms with E-state index in [1.54, 1.807) is 19.2 Å². The van der Waals surface area contributed by atoms with Crippen LogP contribution in [0.3, 0.4) is 0 Å². The molecule has 0 aromatic heterocycles. The Bertz CT molecular complexity index is 342. The van der Waals surface area contributed by atoms with E-state index in [1.165, 1.54) is 6.07 Å². The first-order valence-electron chi connectivity index (χ1n) is 4.81. The van der Waals surface area contributed by atoms with Gasteiger partial charge < -0.3 is 5.32 Å². The van der Waals surface area contributed by atoms with Gasteiger partial charge in [0.1, 0.15) is 5.82 Å². The highest BCUT2D eigenvalue weighted by Gasteiger charge is 2.17. The number of hydrogen-bond donors (Lipinski definition) is 1. The largest absolute Gasteiger partial charge is 0.313 e. The van der Waals surface area contributed by atoms with Crippen LogP contribution in [0.2, 0.25) is 5.02 Å². The molecule has 15 heavy (non-hydrogen) atoms. The van der Waals surface area contributed by atoms with Gasteiger partial charge in [0.15, 0.2) is 0 Å². The van der Waals surface area contributed by atoms with Crippen LogP contribution < -0.4 is 5.32 Å². The summed E-state index contributed by atoms with van der Waals surface area (Å²) in [6.07, 6.45) is 0.678. The standard InChI is InChI=1S/C12H15ClFN/c1-8(2)7-11(15-3)12-9(13)5-4-6-10(12)14/h4-6,11,15H,1,7H2,2-3H3. The van der Waals surface area contributed by atoms with Crippen molar-refractivity contribution in [2.24, 2.45) is 0 Å². The Morgan fingerprint density at radius 2 is 2.27 bits per heavy atom. The average Bonchev–Trinajstić information content (AvgIpc) is 2.15. The maximum absolute atomic E-state index is 13.6. The van der Waals surface area contributed by atoms with Gasteiger partial charge in [-0.3, -0.25) is 0 Å². The lowest BCUT2D eigenvalue weighted by Crippen LogP contribution is -2.18. The Kier molecular flexibility index (Phi) is 4.30. The summed E-state index contributed by atoms with van der Waals surface area (Å²) in [4.78, 5) is 0. The van der Waals surface area contributed by atoms with Crippen LogP contribution in [-0.4, -0.2) is 7.05 Å². The molecule has 1 nitrogen and oxygen atoms in total. The zero-order chi connectivity index (χ0) is 11.4. The topological polar surface area (TPSA) is 12.0 Å². The summed E-state index contributed by atoms with van der Waals surface area (Å²) < 4.78 is 13.6. The van der Waals surface area contributed by atoms with E-state index in [0.717, 1.165) is 5.57 Å². The molecule has 0 saturated carbocycles. The predicted molar refractivity (Wildman–Crippen MR) is 62.6 cm³/mol. The van der Waals surface area contributed by atoms with Gasteiger partial charge in [0.05, 0.1) is 0 Å². The van der Waals surface area contributed by atoms with Crippen molar-refractivity contribution in [3.63, 3.8) is 0 Å². The van der Waals surface area contributed by atoms with E-state index in [1.807, 2.05) is 6.92 Å². The number of halogens is 2. The molecular weight excluding hydrogens is 213 g/mol. The monoisotopic (exact) mass is 227 g/mol. The molecule has 1 N–H and O–H groups in total. The number of benzene rings is 1. The summed E-state index contributed by atoms with van der Waals surface area (Å²) in [7, 11) is 1.79. The molecule has 1 unspecified atom stereocenters. The van der Waals surface area contributed by atoms with Crippen molar-refractivity contribution in [3.8, 4) is 0 Å². The van der Waals surface area contributed by atoms with Crippen LogP contribution in [0.25, 0.3) is 0 Å². The Morgan fingerprint density at radius 1 is 1.60 bits per heavy atom. The normalized spacial score (nSPS) is 12.5. The lowest BCUT2D eigenvalue weighted by Gasteiger charge is -2.18. The quantitative estimate of drug-likeness (QED) is 0.774. The van der Waals surface area contributed by atoms with Crippen molar-refractivity contribution in [1.29, 1.82) is 0 Å². The Morgan fingerprint density at radius 3 is 2.73 bits per heavy atom. The highest BCUT2D eigenvalue weighted by Crippen LogP contribution is 2.29. The van der Waals surface area contributed by atoms with Crippen molar-refractivity contribution in [2.45, 2.75) is 19.4 Å². The van der Waals surface area contributed by atoms with Gasteiger partial charge in [0.25, 0.3) is 0 Å². The van der Waals surface area contributed by atoms with Crippen molar-refractivity contribution >= 4 is 11.6 Å². The third kappa shape index (κ3) is 3.05. The van der Waals surface area contributed by atoms with E-state index in [0.29, 0.717) is 17.0 Å². The van der Waals surface area contributed by atoms with Gasteiger partial charge in [-0.15, -0.1) is 6.58 Å². The molecule has 0 radical (unpaired) electrons. The minimum absolute atomic E-state index is 0.115. The van der Waals surface area contributed by atoms with Crippen LogP contribution in [0.15, 0.2) is 30.4 Å². The summed E-state index contributed by atoms with van der Waals surface area (Å²) in [6, 6.07) is 4.61. The highest BCUT2D eigenvalue weighted by molar-refractivity contribution is 6.31. The summed E-state index contributed by atoms with van der Waals surface area (Å²) in [5.41, 5.74) is 1.51. The summed E-state index contributed by atoms with van der Waals surface area (Å²) in [6.45, 7) is 5.74. The van der Waals surface area contributed by atoms with Crippen molar-refractivity contribution < 1.29 is 4.39 Å². The fourth-order valence-corrected chi connectivity index (χ4v) is 1.84. The first kappa shape index (κ1) is 12.2. The van der Waals surface area contributed by atoms with E-state index in [4.69, 9.17) is 11.6 Å². The Balaban J connectivity index is 3.05. The Hall–Kier alpha value is -0.860. The summed E-state index contributed by atoms with van der Waals surface area (Å²) >= 11 is 5.98. The van der Waals surface area contributed by atoms with Crippen LogP contribution in [0, 0.1) is 5.82 Å². The van der Waals surface area contributed by atoms with Crippen molar-refractivity contribution in [1.82, 2.24) is 5.32 Å². The molecule has 1 atom stereocenters. The highest BCUT2D eigenvalue weighted by atomic mass is 35.5. The second-order valence-electron chi connectivity index (χ2n) is 3.64. The van der Waals surface area contributed by atoms with E-state index < -0.39 is 0 Å². The lowest BCUT2D eigenvalue weighted by molar-refractivity contribution is 0.533. The summed E-state index contributed by atoms with van der Waals surface area (Å²) in [5.74, 6) is -0.275. The minimum Gasteiger partial charge on any atom is -0.313 e. The van der Waals surface area contributed by atoms with Crippen LogP contribution in [0.1, 0.15) is 24.9 Å². The summed E-state index contributed by atoms with van der Waals surface area (Å²) in [5, 5.41) is 3.50. The molecule has 1 rings (SSSR count). The zero-order valence-electron chi connectivity index (χ0n) is 8.98. The molecule has 82 valence electrons. The molecule has 0 bridgehead atoms. The van der Waals surface area contributed by atoms with E-state index >= 15 is 0 Å². The smallest absolute Gasteiger partial charge is 0.129 e. The van der Waals surface area contributed by atoms with Gasteiger partial charge in [-0.1, -0.05) is 23.2 Å². The number of rotatable bonds is 4. The van der Waals surface area contributed by atoms with Crippen molar-refractivity contribution in [2.75, 3.05) is 7.05 Å². The maximum Gasteiger partial charge on any atom is 0.129 e. The van der Waals surface area contributed by atoms with E-state index in [-0.39, 0.29) is 11.9 Å². The fraction of sp³-hybridized carbons (Fsp3) is 0.333. The van der Waals surface area contributed by atoms with Gasteiger partial charge in [0.2, 0.25) is 0 Å². The van der Waals surface area contributed by atoms with Crippen LogP contribution in [0.5, 0.6) is 0 Å². The van der Waals surface area contributed by atoms with E-state index in [2.05, 4.69) is 11.9 Å². The maximum atomic E-state index is 13.6. The Labute approximate surface area is 95.0 Å². The molecule has 0 heterocycles. The third-order valence-corrected chi connectivity index (χ3v) is 2.58. The molecule has 0 aliphatic carbocycles. The SMILES string of the molecule is C=C(C)CC(NC)c1c(F)cccc1Cl. The third-order valence-electron chi connectivity index (χ3n) is 2.25. The molecule has 0 spiro atoms. The van der Waals surface area contributed by atoms with Crippen LogP contribution in [0.4, 0.5) is 4.39 Å². The molecule has 0 saturated heterocycles. The predicted octanol–water partition coefficient (Wildman–Crippen LogP) is 3.71. The molecule has 0 amide bonds. The first-order chi connectivity index (χ1) is 7.06. The van der Waals surface area contributed by atoms with Gasteiger partial charge in [-0.2, -0.15) is 0 Å². The van der Waals surface area contributed by atoms with Gasteiger partial charge >= 0.3 is 0 Å². The van der Waals surface area contributed by atoms with Crippen molar-refractivity contribution in [3.05, 3.63) is 46.8 Å². The average molecular weight is 228 g/mol. The zero-order valence-corrected chi connectivity index (χ0v) is 9.74. The van der Waals surface area contributed by atoms with E-state index in [9.17, 15) is 4.39 Å². The molecule has 0 aliphatic rings. The number of hydrogen-bond acceptors (Lipinski definition) is 1. The second-order valence-corrected chi connectivity index (χ2v) is 4.05. The van der Waals surface area contributed by atoms with Gasteiger partial charge in [-0.25, -0.2) is 4.39 Å². The molecular formula is C12H15ClFN. The molecule has 0 aliphatic heterocycles. The molecule has 0 fully saturated rings. The lowest BCUT2D eigenvalue weighted by atomic mass is 10.00. The fourth-order valence-electron chi connectivity index (χ4n) is 1.54. The first-order valence-corrected chi connectivity index (χ1v) is 5.19.